The molecule has 3 aliphatic carbocycles. The van der Waals surface area contributed by atoms with E-state index in [-0.39, 0.29) is 0 Å². The molecular weight excluding hydrogens is 248 g/mol. The summed E-state index contributed by atoms with van der Waals surface area (Å²) in [6.07, 6.45) is 22.1. The summed E-state index contributed by atoms with van der Waals surface area (Å²) in [6.45, 7) is 0. The average molecular weight is 281 g/mol. The van der Waals surface area contributed by atoms with Gasteiger partial charge >= 0.3 is 0 Å². The Morgan fingerprint density at radius 3 is 1.63 bits per heavy atom. The number of hydrogen-bond acceptors (Lipinski definition) is 1. The monoisotopic (exact) mass is 280 g/mol. The molecule has 0 saturated heterocycles. The predicted molar refractivity (Wildman–Crippen MR) is 86.9 cm³/mol. The van der Waals surface area contributed by atoms with Gasteiger partial charge in [-0.2, -0.15) is 12.6 Å². The summed E-state index contributed by atoms with van der Waals surface area (Å²) in [4.78, 5) is 0. The Balaban J connectivity index is 1.86. The highest BCUT2D eigenvalue weighted by atomic mass is 32.1. The van der Waals surface area contributed by atoms with Gasteiger partial charge < -0.3 is 0 Å². The molecule has 0 bridgehead atoms. The summed E-state index contributed by atoms with van der Waals surface area (Å²) in [5.74, 6) is 1.01. The van der Waals surface area contributed by atoms with E-state index in [4.69, 9.17) is 12.6 Å². The molecule has 110 valence electrons. The van der Waals surface area contributed by atoms with Crippen LogP contribution in [0.3, 0.4) is 0 Å². The summed E-state index contributed by atoms with van der Waals surface area (Å²) in [5, 5.41) is 0. The average Bonchev–Trinajstić information content (AvgIpc) is 2.49. The highest BCUT2D eigenvalue weighted by molar-refractivity contribution is 7.81. The van der Waals surface area contributed by atoms with Crippen LogP contribution in [0, 0.1) is 11.3 Å². The van der Waals surface area contributed by atoms with Crippen molar-refractivity contribution in [3.63, 3.8) is 0 Å². The fourth-order valence-electron chi connectivity index (χ4n) is 5.73. The van der Waals surface area contributed by atoms with Crippen LogP contribution in [0.5, 0.6) is 0 Å². The van der Waals surface area contributed by atoms with E-state index >= 15 is 0 Å². The standard InChI is InChI=1S/C18H32S/c19-18(14-8-3-9-15-18)17(12-6-2-7-13-17)16-10-4-1-5-11-16/h16,19H,1-15H2. The summed E-state index contributed by atoms with van der Waals surface area (Å²) >= 11 is 5.39. The number of hydrogen-bond donors (Lipinski definition) is 1. The van der Waals surface area contributed by atoms with Gasteiger partial charge in [0.15, 0.2) is 0 Å². The first-order valence-electron chi connectivity index (χ1n) is 8.99. The molecule has 0 unspecified atom stereocenters. The first kappa shape index (κ1) is 14.3. The molecule has 3 fully saturated rings. The maximum atomic E-state index is 5.39. The Hall–Kier alpha value is 0.350. The second-order valence-corrected chi connectivity index (χ2v) is 8.50. The van der Waals surface area contributed by atoms with Crippen molar-refractivity contribution in [2.75, 3.05) is 0 Å². The van der Waals surface area contributed by atoms with Crippen LogP contribution in [0.2, 0.25) is 0 Å². The zero-order chi connectivity index (χ0) is 13.2. The van der Waals surface area contributed by atoms with Crippen LogP contribution in [-0.4, -0.2) is 4.75 Å². The highest BCUT2D eigenvalue weighted by Crippen LogP contribution is 2.60. The molecule has 3 aliphatic rings. The van der Waals surface area contributed by atoms with Gasteiger partial charge in [-0.25, -0.2) is 0 Å². The number of thiol groups is 1. The van der Waals surface area contributed by atoms with E-state index in [1.54, 1.807) is 0 Å². The molecule has 19 heavy (non-hydrogen) atoms. The molecule has 0 radical (unpaired) electrons. The second kappa shape index (κ2) is 6.00. The van der Waals surface area contributed by atoms with Crippen LogP contribution in [0.1, 0.15) is 96.3 Å². The maximum Gasteiger partial charge on any atom is 0.0188 e. The van der Waals surface area contributed by atoms with Crippen molar-refractivity contribution in [2.24, 2.45) is 11.3 Å². The molecule has 0 spiro atoms. The minimum Gasteiger partial charge on any atom is -0.172 e. The van der Waals surface area contributed by atoms with Gasteiger partial charge in [0, 0.05) is 4.75 Å². The summed E-state index contributed by atoms with van der Waals surface area (Å²) in [6, 6.07) is 0. The minimum absolute atomic E-state index is 0.397. The lowest BCUT2D eigenvalue weighted by atomic mass is 9.53. The van der Waals surface area contributed by atoms with Gasteiger partial charge in [0.2, 0.25) is 0 Å². The third-order valence-corrected chi connectivity index (χ3v) is 7.63. The molecule has 0 amide bonds. The zero-order valence-corrected chi connectivity index (χ0v) is 13.5. The Labute approximate surface area is 125 Å². The van der Waals surface area contributed by atoms with E-state index in [1.165, 1.54) is 96.3 Å². The molecule has 1 heteroatoms. The highest BCUT2D eigenvalue weighted by Gasteiger charge is 2.53. The van der Waals surface area contributed by atoms with E-state index in [1.807, 2.05) is 0 Å². The van der Waals surface area contributed by atoms with Crippen molar-refractivity contribution in [1.29, 1.82) is 0 Å². The van der Waals surface area contributed by atoms with Crippen LogP contribution in [0.4, 0.5) is 0 Å². The quantitative estimate of drug-likeness (QED) is 0.576. The molecule has 0 nitrogen and oxygen atoms in total. The van der Waals surface area contributed by atoms with E-state index in [2.05, 4.69) is 0 Å². The molecule has 3 rings (SSSR count). The van der Waals surface area contributed by atoms with Gasteiger partial charge in [0.25, 0.3) is 0 Å². The van der Waals surface area contributed by atoms with Crippen molar-refractivity contribution < 1.29 is 0 Å². The Bertz CT molecular complexity index is 278. The van der Waals surface area contributed by atoms with Crippen LogP contribution < -0.4 is 0 Å². The van der Waals surface area contributed by atoms with E-state index < -0.39 is 0 Å². The molecule has 0 atom stereocenters. The van der Waals surface area contributed by atoms with Gasteiger partial charge in [0.1, 0.15) is 0 Å². The van der Waals surface area contributed by atoms with Crippen LogP contribution in [0.25, 0.3) is 0 Å². The number of rotatable bonds is 2. The summed E-state index contributed by atoms with van der Waals surface area (Å²) in [5.41, 5.74) is 0.620. The van der Waals surface area contributed by atoms with E-state index in [9.17, 15) is 0 Å². The van der Waals surface area contributed by atoms with Gasteiger partial charge in [-0.15, -0.1) is 0 Å². The third-order valence-electron chi connectivity index (χ3n) is 6.74. The Morgan fingerprint density at radius 2 is 1.05 bits per heavy atom. The van der Waals surface area contributed by atoms with E-state index in [0.29, 0.717) is 10.2 Å². The zero-order valence-electron chi connectivity index (χ0n) is 12.6. The third kappa shape index (κ3) is 2.61. The largest absolute Gasteiger partial charge is 0.172 e. The lowest BCUT2D eigenvalue weighted by molar-refractivity contribution is 0.00909. The summed E-state index contributed by atoms with van der Waals surface area (Å²) < 4.78 is 0.397. The maximum absolute atomic E-state index is 5.39. The van der Waals surface area contributed by atoms with Crippen LogP contribution in [-0.2, 0) is 0 Å². The topological polar surface area (TPSA) is 0 Å². The van der Waals surface area contributed by atoms with Gasteiger partial charge in [0.05, 0.1) is 0 Å². The Morgan fingerprint density at radius 1 is 0.579 bits per heavy atom. The molecule has 0 aromatic rings. The summed E-state index contributed by atoms with van der Waals surface area (Å²) in [7, 11) is 0. The fourth-order valence-corrected chi connectivity index (χ4v) is 6.45. The van der Waals surface area contributed by atoms with E-state index in [0.717, 1.165) is 5.92 Å². The molecule has 3 saturated carbocycles. The molecule has 0 aliphatic heterocycles. The smallest absolute Gasteiger partial charge is 0.0188 e. The van der Waals surface area contributed by atoms with Crippen molar-refractivity contribution >= 4 is 12.6 Å². The molecule has 0 aromatic heterocycles. The minimum atomic E-state index is 0.397. The van der Waals surface area contributed by atoms with Crippen molar-refractivity contribution in [3.8, 4) is 0 Å². The second-order valence-electron chi connectivity index (χ2n) is 7.64. The SMILES string of the molecule is SC1(C2(C3CCCCC3)CCCCC2)CCCCC1. The van der Waals surface area contributed by atoms with Crippen LogP contribution in [0.15, 0.2) is 0 Å². The molecule has 0 heterocycles. The van der Waals surface area contributed by atoms with Crippen LogP contribution >= 0.6 is 12.6 Å². The van der Waals surface area contributed by atoms with Crippen molar-refractivity contribution in [2.45, 2.75) is 101 Å². The normalized spacial score (nSPS) is 32.1. The van der Waals surface area contributed by atoms with Crippen molar-refractivity contribution in [1.82, 2.24) is 0 Å². The molecule has 0 aromatic carbocycles. The van der Waals surface area contributed by atoms with Gasteiger partial charge in [-0.1, -0.05) is 57.8 Å². The lowest BCUT2D eigenvalue weighted by Crippen LogP contribution is -2.51. The first-order chi connectivity index (χ1) is 9.27. The lowest BCUT2D eigenvalue weighted by Gasteiger charge is -2.57. The van der Waals surface area contributed by atoms with Gasteiger partial charge in [-0.05, 0) is 49.9 Å². The molecule has 0 N–H and O–H groups in total. The Kier molecular flexibility index (Phi) is 4.51. The predicted octanol–water partition coefficient (Wildman–Crippen LogP) is 6.15. The first-order valence-corrected chi connectivity index (χ1v) is 9.44. The van der Waals surface area contributed by atoms with Crippen molar-refractivity contribution in [3.05, 3.63) is 0 Å². The fraction of sp³-hybridized carbons (Fsp3) is 1.00. The van der Waals surface area contributed by atoms with Gasteiger partial charge in [-0.3, -0.25) is 0 Å². The molecular formula is C18H32S.